The number of benzene rings is 2. The molecule has 2 rings (SSSR count). The van der Waals surface area contributed by atoms with Crippen molar-refractivity contribution in [3.63, 3.8) is 0 Å². The highest BCUT2D eigenvalue weighted by atomic mass is 35.5. The van der Waals surface area contributed by atoms with E-state index in [4.69, 9.17) is 27.9 Å². The zero-order valence-electron chi connectivity index (χ0n) is 12.9. The van der Waals surface area contributed by atoms with E-state index in [9.17, 15) is 14.0 Å². The molecule has 0 unspecified atom stereocenters. The summed E-state index contributed by atoms with van der Waals surface area (Å²) in [5.74, 6) is -1.61. The molecule has 0 saturated heterocycles. The number of hydrogen-bond donors (Lipinski definition) is 1. The lowest BCUT2D eigenvalue weighted by Gasteiger charge is -2.08. The molecule has 4 nitrogen and oxygen atoms in total. The predicted molar refractivity (Wildman–Crippen MR) is 96.9 cm³/mol. The molecular weight excluding hydrogens is 388 g/mol. The zero-order valence-corrected chi connectivity index (χ0v) is 15.3. The van der Waals surface area contributed by atoms with Crippen LogP contribution in [0.1, 0.15) is 10.4 Å². The summed E-state index contributed by atoms with van der Waals surface area (Å²) in [5.41, 5.74) is -0.379. The number of ether oxygens (including phenoxy) is 1. The molecule has 0 aromatic heterocycles. The first-order valence-electron chi connectivity index (χ1n) is 7.23. The maximum absolute atomic E-state index is 13.6. The number of rotatable bonds is 7. The van der Waals surface area contributed by atoms with Crippen molar-refractivity contribution < 1.29 is 18.7 Å². The fourth-order valence-corrected chi connectivity index (χ4v) is 2.97. The standard InChI is InChI=1S/C17H14Cl2FNO3S/c18-11-4-6-12(7-5-11)25-9-8-21-15(22)10-24-17(23)16-13(19)2-1-3-14(16)20/h1-7H,8-10H2,(H,21,22). The Kier molecular flexibility index (Phi) is 7.55. The number of hydrogen-bond acceptors (Lipinski definition) is 4. The van der Waals surface area contributed by atoms with E-state index in [-0.39, 0.29) is 10.6 Å². The number of thioether (sulfide) groups is 1. The Bertz CT molecular complexity index is 736. The highest BCUT2D eigenvalue weighted by molar-refractivity contribution is 7.99. The van der Waals surface area contributed by atoms with Gasteiger partial charge in [-0.3, -0.25) is 4.79 Å². The highest BCUT2D eigenvalue weighted by Crippen LogP contribution is 2.20. The summed E-state index contributed by atoms with van der Waals surface area (Å²) in [7, 11) is 0. The maximum atomic E-state index is 13.6. The van der Waals surface area contributed by atoms with Crippen LogP contribution < -0.4 is 5.32 Å². The lowest BCUT2D eigenvalue weighted by atomic mass is 10.2. The molecule has 0 saturated carbocycles. The molecule has 1 amide bonds. The minimum Gasteiger partial charge on any atom is -0.452 e. The third kappa shape index (κ3) is 6.23. The van der Waals surface area contributed by atoms with Crippen molar-refractivity contribution in [2.75, 3.05) is 18.9 Å². The van der Waals surface area contributed by atoms with Crippen molar-refractivity contribution in [3.8, 4) is 0 Å². The zero-order chi connectivity index (χ0) is 18.2. The molecule has 2 aromatic rings. The molecule has 0 heterocycles. The van der Waals surface area contributed by atoms with Gasteiger partial charge in [-0.25, -0.2) is 9.18 Å². The van der Waals surface area contributed by atoms with E-state index in [1.54, 1.807) is 23.9 Å². The summed E-state index contributed by atoms with van der Waals surface area (Å²) in [4.78, 5) is 24.5. The molecule has 132 valence electrons. The van der Waals surface area contributed by atoms with Gasteiger partial charge in [-0.2, -0.15) is 0 Å². The van der Waals surface area contributed by atoms with Crippen LogP contribution in [-0.2, 0) is 9.53 Å². The van der Waals surface area contributed by atoms with E-state index in [1.807, 2.05) is 12.1 Å². The number of carbonyl (C=O) groups is 2. The average Bonchev–Trinajstić information content (AvgIpc) is 2.58. The number of nitrogens with one attached hydrogen (secondary N) is 1. The Morgan fingerprint density at radius 1 is 1.12 bits per heavy atom. The molecule has 0 radical (unpaired) electrons. The highest BCUT2D eigenvalue weighted by Gasteiger charge is 2.18. The van der Waals surface area contributed by atoms with Crippen molar-refractivity contribution in [2.24, 2.45) is 0 Å². The third-order valence-corrected chi connectivity index (χ3v) is 4.59. The van der Waals surface area contributed by atoms with Crippen molar-refractivity contribution in [3.05, 3.63) is 63.9 Å². The first-order valence-corrected chi connectivity index (χ1v) is 8.97. The molecule has 8 heteroatoms. The van der Waals surface area contributed by atoms with Gasteiger partial charge in [-0.1, -0.05) is 29.3 Å². The van der Waals surface area contributed by atoms with Gasteiger partial charge in [0.2, 0.25) is 0 Å². The van der Waals surface area contributed by atoms with Crippen LogP contribution in [-0.4, -0.2) is 30.8 Å². The van der Waals surface area contributed by atoms with Crippen LogP contribution >= 0.6 is 35.0 Å². The van der Waals surface area contributed by atoms with Crippen LogP contribution in [0.25, 0.3) is 0 Å². The molecule has 0 aliphatic carbocycles. The van der Waals surface area contributed by atoms with Crippen molar-refractivity contribution in [1.82, 2.24) is 5.32 Å². The Labute approximate surface area is 158 Å². The van der Waals surface area contributed by atoms with E-state index in [2.05, 4.69) is 5.32 Å². The Morgan fingerprint density at radius 2 is 1.84 bits per heavy atom. The normalized spacial score (nSPS) is 10.4. The number of halogens is 3. The SMILES string of the molecule is O=C(COC(=O)c1c(F)cccc1Cl)NCCSc1ccc(Cl)cc1. The first-order chi connectivity index (χ1) is 12.0. The Balaban J connectivity index is 1.70. The van der Waals surface area contributed by atoms with Gasteiger partial charge in [0.1, 0.15) is 11.4 Å². The summed E-state index contributed by atoms with van der Waals surface area (Å²) in [6, 6.07) is 11.2. The fourth-order valence-electron chi connectivity index (χ4n) is 1.84. The molecule has 0 aliphatic rings. The van der Waals surface area contributed by atoms with Gasteiger partial charge >= 0.3 is 5.97 Å². The van der Waals surface area contributed by atoms with Crippen LogP contribution in [0.4, 0.5) is 4.39 Å². The van der Waals surface area contributed by atoms with Gasteiger partial charge in [0.05, 0.1) is 5.02 Å². The van der Waals surface area contributed by atoms with Gasteiger partial charge in [-0.15, -0.1) is 11.8 Å². The van der Waals surface area contributed by atoms with E-state index >= 15 is 0 Å². The topological polar surface area (TPSA) is 55.4 Å². The lowest BCUT2D eigenvalue weighted by Crippen LogP contribution is -2.30. The van der Waals surface area contributed by atoms with E-state index < -0.39 is 24.3 Å². The van der Waals surface area contributed by atoms with Gasteiger partial charge in [-0.05, 0) is 36.4 Å². The number of amides is 1. The summed E-state index contributed by atoms with van der Waals surface area (Å²) in [6.07, 6.45) is 0. The van der Waals surface area contributed by atoms with Crippen LogP contribution in [0.15, 0.2) is 47.4 Å². The number of esters is 1. The van der Waals surface area contributed by atoms with Gasteiger partial charge in [0.15, 0.2) is 6.61 Å². The molecule has 0 aliphatic heterocycles. The van der Waals surface area contributed by atoms with E-state index in [0.29, 0.717) is 17.3 Å². The summed E-state index contributed by atoms with van der Waals surface area (Å²) in [5, 5.41) is 3.21. The number of carbonyl (C=O) groups excluding carboxylic acids is 2. The maximum Gasteiger partial charge on any atom is 0.343 e. The summed E-state index contributed by atoms with van der Waals surface area (Å²) < 4.78 is 18.3. The second-order valence-electron chi connectivity index (χ2n) is 4.83. The molecule has 0 fully saturated rings. The van der Waals surface area contributed by atoms with Gasteiger partial charge in [0, 0.05) is 22.2 Å². The molecule has 0 spiro atoms. The smallest absolute Gasteiger partial charge is 0.343 e. The first kappa shape index (κ1) is 19.6. The summed E-state index contributed by atoms with van der Waals surface area (Å²) in [6.45, 7) is -0.112. The largest absolute Gasteiger partial charge is 0.452 e. The van der Waals surface area contributed by atoms with Crippen molar-refractivity contribution in [2.45, 2.75) is 4.90 Å². The average molecular weight is 402 g/mol. The predicted octanol–water partition coefficient (Wildman–Crippen LogP) is 4.20. The monoisotopic (exact) mass is 401 g/mol. The molecule has 2 aromatic carbocycles. The molecule has 0 bridgehead atoms. The van der Waals surface area contributed by atoms with Crippen LogP contribution in [0.5, 0.6) is 0 Å². The van der Waals surface area contributed by atoms with Crippen LogP contribution in [0, 0.1) is 5.82 Å². The van der Waals surface area contributed by atoms with E-state index in [0.717, 1.165) is 11.0 Å². The minimum atomic E-state index is -0.978. The van der Waals surface area contributed by atoms with Crippen LogP contribution in [0.2, 0.25) is 10.0 Å². The van der Waals surface area contributed by atoms with Gasteiger partial charge in [0.25, 0.3) is 5.91 Å². The third-order valence-electron chi connectivity index (χ3n) is 3.01. The molecule has 0 atom stereocenters. The molecule has 25 heavy (non-hydrogen) atoms. The quantitative estimate of drug-likeness (QED) is 0.429. The second kappa shape index (κ2) is 9.65. The fraction of sp³-hybridized carbons (Fsp3) is 0.176. The van der Waals surface area contributed by atoms with Crippen molar-refractivity contribution in [1.29, 1.82) is 0 Å². The summed E-state index contributed by atoms with van der Waals surface area (Å²) >= 11 is 13.1. The minimum absolute atomic E-state index is 0.0650. The second-order valence-corrected chi connectivity index (χ2v) is 6.84. The van der Waals surface area contributed by atoms with Crippen molar-refractivity contribution >= 4 is 46.8 Å². The van der Waals surface area contributed by atoms with Crippen LogP contribution in [0.3, 0.4) is 0 Å². The van der Waals surface area contributed by atoms with E-state index in [1.165, 1.54) is 12.1 Å². The Hall–Kier alpha value is -1.76. The molecular formula is C17H14Cl2FNO3S. The molecule has 1 N–H and O–H groups in total. The Morgan fingerprint density at radius 3 is 2.52 bits per heavy atom. The van der Waals surface area contributed by atoms with Gasteiger partial charge < -0.3 is 10.1 Å². The lowest BCUT2D eigenvalue weighted by molar-refractivity contribution is -0.124.